The molecule has 1 aromatic rings. The SMILES string of the molecule is O=C(NCC1CCOC2(CCN(C(=O)C3CCCCC3)CC2)C1)c1ccccc1. The van der Waals surface area contributed by atoms with Gasteiger partial charge in [0.25, 0.3) is 5.91 Å². The highest BCUT2D eigenvalue weighted by atomic mass is 16.5. The van der Waals surface area contributed by atoms with Gasteiger partial charge in [-0.05, 0) is 56.6 Å². The standard InChI is InChI=1S/C24H34N2O3/c27-22(20-7-3-1-4-8-20)25-18-19-11-16-29-24(17-19)12-14-26(15-13-24)23(28)21-9-5-2-6-10-21/h1,3-4,7-8,19,21H,2,5-6,9-18H2,(H,25,27). The van der Waals surface area contributed by atoms with Gasteiger partial charge in [0.05, 0.1) is 5.60 Å². The minimum atomic E-state index is -0.107. The highest BCUT2D eigenvalue weighted by Crippen LogP contribution is 2.38. The smallest absolute Gasteiger partial charge is 0.251 e. The van der Waals surface area contributed by atoms with E-state index in [1.807, 2.05) is 30.3 Å². The van der Waals surface area contributed by atoms with Gasteiger partial charge in [-0.3, -0.25) is 9.59 Å². The molecule has 1 aliphatic carbocycles. The number of hydrogen-bond donors (Lipinski definition) is 1. The summed E-state index contributed by atoms with van der Waals surface area (Å²) in [5.74, 6) is 1.07. The molecular weight excluding hydrogens is 364 g/mol. The topological polar surface area (TPSA) is 58.6 Å². The number of carbonyl (C=O) groups excluding carboxylic acids is 2. The Morgan fingerprint density at radius 3 is 2.48 bits per heavy atom. The number of benzene rings is 1. The molecule has 2 saturated heterocycles. The molecule has 1 aromatic carbocycles. The van der Waals surface area contributed by atoms with Gasteiger partial charge in [-0.15, -0.1) is 0 Å². The lowest BCUT2D eigenvalue weighted by Gasteiger charge is -2.47. The lowest BCUT2D eigenvalue weighted by atomic mass is 9.79. The van der Waals surface area contributed by atoms with Gasteiger partial charge in [0.2, 0.25) is 5.91 Å². The minimum Gasteiger partial charge on any atom is -0.375 e. The zero-order valence-electron chi connectivity index (χ0n) is 17.4. The second kappa shape index (κ2) is 9.29. The Balaban J connectivity index is 1.26. The Hall–Kier alpha value is -1.88. The summed E-state index contributed by atoms with van der Waals surface area (Å²) in [6.45, 7) is 3.09. The van der Waals surface area contributed by atoms with Crippen LogP contribution in [0.5, 0.6) is 0 Å². The van der Waals surface area contributed by atoms with Gasteiger partial charge in [-0.25, -0.2) is 0 Å². The van der Waals surface area contributed by atoms with E-state index in [2.05, 4.69) is 10.2 Å². The molecule has 5 heteroatoms. The first-order valence-electron chi connectivity index (χ1n) is 11.4. The van der Waals surface area contributed by atoms with Gasteiger partial charge in [-0.2, -0.15) is 0 Å². The van der Waals surface area contributed by atoms with Crippen molar-refractivity contribution >= 4 is 11.8 Å². The first kappa shape index (κ1) is 20.4. The van der Waals surface area contributed by atoms with E-state index in [4.69, 9.17) is 4.74 Å². The third-order valence-electron chi connectivity index (χ3n) is 7.12. The molecule has 4 rings (SSSR count). The average molecular weight is 399 g/mol. The maximum absolute atomic E-state index is 12.8. The van der Waals surface area contributed by atoms with E-state index in [1.165, 1.54) is 19.3 Å². The maximum Gasteiger partial charge on any atom is 0.251 e. The van der Waals surface area contributed by atoms with Crippen LogP contribution in [-0.2, 0) is 9.53 Å². The molecule has 1 spiro atoms. The molecule has 0 radical (unpaired) electrons. The first-order valence-corrected chi connectivity index (χ1v) is 11.4. The fraction of sp³-hybridized carbons (Fsp3) is 0.667. The zero-order valence-corrected chi connectivity index (χ0v) is 17.4. The summed E-state index contributed by atoms with van der Waals surface area (Å²) in [6, 6.07) is 9.39. The molecule has 2 aliphatic heterocycles. The van der Waals surface area contributed by atoms with E-state index in [-0.39, 0.29) is 17.4 Å². The van der Waals surface area contributed by atoms with Crippen LogP contribution in [0.4, 0.5) is 0 Å². The van der Waals surface area contributed by atoms with E-state index in [0.29, 0.717) is 23.9 Å². The molecule has 0 aromatic heterocycles. The number of hydrogen-bond acceptors (Lipinski definition) is 3. The summed E-state index contributed by atoms with van der Waals surface area (Å²) in [5.41, 5.74) is 0.604. The lowest BCUT2D eigenvalue weighted by Crippen LogP contribution is -2.52. The minimum absolute atomic E-state index is 0.000889. The molecule has 29 heavy (non-hydrogen) atoms. The van der Waals surface area contributed by atoms with E-state index in [9.17, 15) is 9.59 Å². The van der Waals surface area contributed by atoms with Crippen LogP contribution in [0.2, 0.25) is 0 Å². The molecule has 1 N–H and O–H groups in total. The Labute approximate surface area is 174 Å². The van der Waals surface area contributed by atoms with Crippen LogP contribution in [-0.4, -0.2) is 48.6 Å². The number of rotatable bonds is 4. The van der Waals surface area contributed by atoms with E-state index in [0.717, 1.165) is 58.2 Å². The van der Waals surface area contributed by atoms with Crippen LogP contribution >= 0.6 is 0 Å². The summed E-state index contributed by atoms with van der Waals surface area (Å²) < 4.78 is 6.25. The molecule has 3 aliphatic rings. The summed E-state index contributed by atoms with van der Waals surface area (Å²) in [4.78, 5) is 27.3. The number of amides is 2. The third-order valence-corrected chi connectivity index (χ3v) is 7.12. The van der Waals surface area contributed by atoms with Crippen LogP contribution in [0.3, 0.4) is 0 Å². The van der Waals surface area contributed by atoms with Gasteiger partial charge in [0.15, 0.2) is 0 Å². The molecule has 2 amide bonds. The normalized spacial score (nSPS) is 25.0. The van der Waals surface area contributed by atoms with Gasteiger partial charge in [-0.1, -0.05) is 37.5 Å². The van der Waals surface area contributed by atoms with E-state index >= 15 is 0 Å². The van der Waals surface area contributed by atoms with Crippen molar-refractivity contribution < 1.29 is 14.3 Å². The number of likely N-dealkylation sites (tertiary alicyclic amines) is 1. The molecule has 1 unspecified atom stereocenters. The quantitative estimate of drug-likeness (QED) is 0.840. The van der Waals surface area contributed by atoms with E-state index in [1.54, 1.807) is 0 Å². The Morgan fingerprint density at radius 2 is 1.76 bits per heavy atom. The summed E-state index contributed by atoms with van der Waals surface area (Å²) in [7, 11) is 0. The molecule has 1 saturated carbocycles. The molecule has 1 atom stereocenters. The van der Waals surface area contributed by atoms with Gasteiger partial charge in [0.1, 0.15) is 0 Å². The summed E-state index contributed by atoms with van der Waals surface area (Å²) >= 11 is 0. The van der Waals surface area contributed by atoms with Crippen LogP contribution in [0, 0.1) is 11.8 Å². The second-order valence-corrected chi connectivity index (χ2v) is 9.13. The van der Waals surface area contributed by atoms with Crippen molar-refractivity contribution in [3.63, 3.8) is 0 Å². The Morgan fingerprint density at radius 1 is 1.03 bits per heavy atom. The van der Waals surface area contributed by atoms with Crippen molar-refractivity contribution in [1.82, 2.24) is 10.2 Å². The fourth-order valence-corrected chi connectivity index (χ4v) is 5.32. The van der Waals surface area contributed by atoms with Gasteiger partial charge < -0.3 is 15.0 Å². The molecule has 5 nitrogen and oxygen atoms in total. The highest BCUT2D eigenvalue weighted by molar-refractivity contribution is 5.94. The number of nitrogens with zero attached hydrogens (tertiary/aromatic N) is 1. The Kier molecular flexibility index (Phi) is 6.53. The third kappa shape index (κ3) is 5.00. The van der Waals surface area contributed by atoms with Crippen molar-refractivity contribution in [2.45, 2.75) is 63.4 Å². The number of nitrogens with one attached hydrogen (secondary N) is 1. The second-order valence-electron chi connectivity index (χ2n) is 9.13. The predicted octanol–water partition coefficient (Wildman–Crippen LogP) is 3.78. The summed E-state index contributed by atoms with van der Waals surface area (Å²) in [5, 5.41) is 3.10. The van der Waals surface area contributed by atoms with Gasteiger partial charge in [0, 0.05) is 37.7 Å². The van der Waals surface area contributed by atoms with Crippen molar-refractivity contribution in [3.05, 3.63) is 35.9 Å². The van der Waals surface area contributed by atoms with Crippen LogP contribution in [0.15, 0.2) is 30.3 Å². The zero-order chi connectivity index (χ0) is 20.1. The van der Waals surface area contributed by atoms with Crippen molar-refractivity contribution in [3.8, 4) is 0 Å². The fourth-order valence-electron chi connectivity index (χ4n) is 5.32. The van der Waals surface area contributed by atoms with Crippen LogP contribution in [0.25, 0.3) is 0 Å². The molecule has 158 valence electrons. The maximum atomic E-state index is 12.8. The van der Waals surface area contributed by atoms with Crippen molar-refractivity contribution in [2.24, 2.45) is 11.8 Å². The van der Waals surface area contributed by atoms with Crippen LogP contribution < -0.4 is 5.32 Å². The first-order chi connectivity index (χ1) is 14.2. The molecule has 2 heterocycles. The highest BCUT2D eigenvalue weighted by Gasteiger charge is 2.41. The number of piperidine rings is 1. The van der Waals surface area contributed by atoms with Crippen LogP contribution in [0.1, 0.15) is 68.1 Å². The van der Waals surface area contributed by atoms with Gasteiger partial charge >= 0.3 is 0 Å². The lowest BCUT2D eigenvalue weighted by molar-refractivity contribution is -0.151. The number of ether oxygens (including phenoxy) is 1. The Bertz CT molecular complexity index is 691. The molecule has 0 bridgehead atoms. The number of carbonyl (C=O) groups is 2. The monoisotopic (exact) mass is 398 g/mol. The predicted molar refractivity (Wildman–Crippen MR) is 113 cm³/mol. The largest absolute Gasteiger partial charge is 0.375 e. The summed E-state index contributed by atoms with van der Waals surface area (Å²) in [6.07, 6.45) is 9.64. The molecular formula is C24H34N2O3. The van der Waals surface area contributed by atoms with Crippen molar-refractivity contribution in [2.75, 3.05) is 26.2 Å². The van der Waals surface area contributed by atoms with Crippen molar-refractivity contribution in [1.29, 1.82) is 0 Å². The molecule has 3 fully saturated rings. The van der Waals surface area contributed by atoms with E-state index < -0.39 is 0 Å². The average Bonchev–Trinajstić information content (AvgIpc) is 2.79.